The molecule has 0 saturated carbocycles. The van der Waals surface area contributed by atoms with Crippen LogP contribution in [0.5, 0.6) is 5.75 Å². The summed E-state index contributed by atoms with van der Waals surface area (Å²) in [4.78, 5) is 0. The molecular formula is C10H10N2OS. The molecular weight excluding hydrogens is 196 g/mol. The zero-order valence-corrected chi connectivity index (χ0v) is 8.62. The first-order chi connectivity index (χ1) is 6.86. The molecule has 2 rings (SSSR count). The van der Waals surface area contributed by atoms with Crippen LogP contribution >= 0.6 is 11.5 Å². The van der Waals surface area contributed by atoms with Crippen molar-refractivity contribution < 1.29 is 4.74 Å². The van der Waals surface area contributed by atoms with Crippen LogP contribution in [0.3, 0.4) is 0 Å². The summed E-state index contributed by atoms with van der Waals surface area (Å²) in [6.07, 6.45) is 0. The van der Waals surface area contributed by atoms with Crippen LogP contribution in [-0.2, 0) is 6.61 Å². The first-order valence-corrected chi connectivity index (χ1v) is 5.14. The van der Waals surface area contributed by atoms with E-state index in [0.717, 1.165) is 17.0 Å². The Kier molecular flexibility index (Phi) is 2.74. The summed E-state index contributed by atoms with van der Waals surface area (Å²) >= 11 is 1.34. The number of nitrogens with zero attached hydrogens (tertiary/aromatic N) is 2. The Hall–Kier alpha value is -1.42. The molecule has 4 heteroatoms. The zero-order valence-electron chi connectivity index (χ0n) is 7.80. The molecule has 1 aromatic heterocycles. The summed E-state index contributed by atoms with van der Waals surface area (Å²) in [5.41, 5.74) is 2.01. The van der Waals surface area contributed by atoms with Gasteiger partial charge in [0, 0.05) is 5.38 Å². The highest BCUT2D eigenvalue weighted by atomic mass is 32.1. The number of aromatic nitrogens is 2. The molecule has 0 atom stereocenters. The van der Waals surface area contributed by atoms with Crippen LogP contribution < -0.4 is 4.74 Å². The van der Waals surface area contributed by atoms with Gasteiger partial charge in [-0.3, -0.25) is 0 Å². The highest BCUT2D eigenvalue weighted by Crippen LogP contribution is 2.17. The van der Waals surface area contributed by atoms with Gasteiger partial charge >= 0.3 is 0 Å². The third kappa shape index (κ3) is 2.09. The topological polar surface area (TPSA) is 35.0 Å². The maximum atomic E-state index is 5.59. The van der Waals surface area contributed by atoms with Crippen LogP contribution in [0.15, 0.2) is 29.6 Å². The van der Waals surface area contributed by atoms with Gasteiger partial charge in [0.25, 0.3) is 0 Å². The first kappa shape index (κ1) is 9.15. The second kappa shape index (κ2) is 4.19. The smallest absolute Gasteiger partial charge is 0.133 e. The first-order valence-electron chi connectivity index (χ1n) is 4.30. The number of hydrogen-bond acceptors (Lipinski definition) is 4. The Bertz CT molecular complexity index is 400. The van der Waals surface area contributed by atoms with Crippen molar-refractivity contribution in [2.75, 3.05) is 0 Å². The number of rotatable bonds is 3. The summed E-state index contributed by atoms with van der Waals surface area (Å²) in [5.74, 6) is 0.903. The maximum absolute atomic E-state index is 5.59. The summed E-state index contributed by atoms with van der Waals surface area (Å²) in [6.45, 7) is 2.51. The fourth-order valence-electron chi connectivity index (χ4n) is 1.12. The van der Waals surface area contributed by atoms with Gasteiger partial charge in [0.1, 0.15) is 18.1 Å². The molecule has 3 nitrogen and oxygen atoms in total. The highest BCUT2D eigenvalue weighted by molar-refractivity contribution is 7.03. The van der Waals surface area contributed by atoms with Crippen molar-refractivity contribution in [1.82, 2.24) is 9.59 Å². The van der Waals surface area contributed by atoms with E-state index in [2.05, 4.69) is 9.59 Å². The number of benzene rings is 1. The average molecular weight is 206 g/mol. The van der Waals surface area contributed by atoms with Crippen LogP contribution in [0.25, 0.3) is 0 Å². The zero-order chi connectivity index (χ0) is 9.80. The molecule has 0 aliphatic heterocycles. The van der Waals surface area contributed by atoms with Crippen LogP contribution in [0.1, 0.15) is 11.3 Å². The van der Waals surface area contributed by atoms with Crippen molar-refractivity contribution in [2.45, 2.75) is 13.5 Å². The lowest BCUT2D eigenvalue weighted by Crippen LogP contribution is -1.96. The lowest BCUT2D eigenvalue weighted by atomic mass is 10.2. The van der Waals surface area contributed by atoms with Gasteiger partial charge in [-0.2, -0.15) is 0 Å². The highest BCUT2D eigenvalue weighted by Gasteiger charge is 2.00. The maximum Gasteiger partial charge on any atom is 0.133 e. The molecule has 0 spiro atoms. The van der Waals surface area contributed by atoms with Gasteiger partial charge in [-0.15, -0.1) is 5.10 Å². The average Bonchev–Trinajstić information content (AvgIpc) is 2.69. The Morgan fingerprint density at radius 1 is 1.36 bits per heavy atom. The van der Waals surface area contributed by atoms with Gasteiger partial charge in [-0.25, -0.2) is 0 Å². The predicted molar refractivity (Wildman–Crippen MR) is 55.4 cm³/mol. The third-order valence-electron chi connectivity index (χ3n) is 1.87. The van der Waals surface area contributed by atoms with Crippen molar-refractivity contribution in [3.05, 3.63) is 40.9 Å². The van der Waals surface area contributed by atoms with E-state index in [0.29, 0.717) is 6.61 Å². The van der Waals surface area contributed by atoms with E-state index in [-0.39, 0.29) is 0 Å². The Labute approximate surface area is 86.5 Å². The van der Waals surface area contributed by atoms with E-state index in [4.69, 9.17) is 4.74 Å². The molecule has 0 aliphatic rings. The minimum absolute atomic E-state index is 0.487. The molecule has 14 heavy (non-hydrogen) atoms. The number of para-hydroxylation sites is 1. The lowest BCUT2D eigenvalue weighted by Gasteiger charge is -2.06. The molecule has 0 fully saturated rings. The van der Waals surface area contributed by atoms with Gasteiger partial charge in [-0.1, -0.05) is 22.7 Å². The van der Waals surface area contributed by atoms with Crippen molar-refractivity contribution in [3.8, 4) is 5.75 Å². The fourth-order valence-corrected chi connectivity index (χ4v) is 1.55. The van der Waals surface area contributed by atoms with E-state index in [9.17, 15) is 0 Å². The standard InChI is InChI=1S/C10H10N2OS/c1-8-4-2-3-5-10(8)13-6-9-7-14-12-11-9/h2-5,7H,6H2,1H3. The molecule has 0 saturated heterocycles. The molecule has 0 unspecified atom stereocenters. The molecule has 72 valence electrons. The molecule has 1 aromatic carbocycles. The minimum atomic E-state index is 0.487. The number of ether oxygens (including phenoxy) is 1. The lowest BCUT2D eigenvalue weighted by molar-refractivity contribution is 0.299. The molecule has 0 aliphatic carbocycles. The quantitative estimate of drug-likeness (QED) is 0.773. The van der Waals surface area contributed by atoms with E-state index in [1.54, 1.807) is 0 Å². The summed E-state index contributed by atoms with van der Waals surface area (Å²) in [5, 5.41) is 5.79. The van der Waals surface area contributed by atoms with E-state index in [1.165, 1.54) is 11.5 Å². The second-order valence-corrected chi connectivity index (χ2v) is 3.56. The molecule has 2 aromatic rings. The van der Waals surface area contributed by atoms with Gasteiger partial charge in [-0.05, 0) is 30.1 Å². The number of hydrogen-bond donors (Lipinski definition) is 0. The molecule has 0 bridgehead atoms. The summed E-state index contributed by atoms with van der Waals surface area (Å²) in [6, 6.07) is 7.93. The van der Waals surface area contributed by atoms with Gasteiger partial charge in [0.05, 0.1) is 0 Å². The van der Waals surface area contributed by atoms with Gasteiger partial charge in [0.2, 0.25) is 0 Å². The normalized spacial score (nSPS) is 10.1. The van der Waals surface area contributed by atoms with Gasteiger partial charge < -0.3 is 4.74 Å². The summed E-state index contributed by atoms with van der Waals surface area (Å²) < 4.78 is 9.35. The third-order valence-corrected chi connectivity index (χ3v) is 2.43. The van der Waals surface area contributed by atoms with Crippen molar-refractivity contribution in [3.63, 3.8) is 0 Å². The van der Waals surface area contributed by atoms with Crippen molar-refractivity contribution in [2.24, 2.45) is 0 Å². The van der Waals surface area contributed by atoms with Crippen LogP contribution in [-0.4, -0.2) is 9.59 Å². The Balaban J connectivity index is 2.02. The van der Waals surface area contributed by atoms with Crippen molar-refractivity contribution in [1.29, 1.82) is 0 Å². The monoisotopic (exact) mass is 206 g/mol. The van der Waals surface area contributed by atoms with Crippen LogP contribution in [0.4, 0.5) is 0 Å². The van der Waals surface area contributed by atoms with Crippen molar-refractivity contribution >= 4 is 11.5 Å². The second-order valence-electron chi connectivity index (χ2n) is 2.95. The molecule has 0 amide bonds. The molecule has 0 radical (unpaired) electrons. The fraction of sp³-hybridized carbons (Fsp3) is 0.200. The Morgan fingerprint density at radius 3 is 2.93 bits per heavy atom. The van der Waals surface area contributed by atoms with Crippen LogP contribution in [0, 0.1) is 6.92 Å². The summed E-state index contributed by atoms with van der Waals surface area (Å²) in [7, 11) is 0. The van der Waals surface area contributed by atoms with E-state index in [1.807, 2.05) is 36.6 Å². The van der Waals surface area contributed by atoms with Gasteiger partial charge in [0.15, 0.2) is 0 Å². The SMILES string of the molecule is Cc1ccccc1OCc1csnn1. The number of aryl methyl sites for hydroxylation is 1. The minimum Gasteiger partial charge on any atom is -0.487 e. The largest absolute Gasteiger partial charge is 0.487 e. The van der Waals surface area contributed by atoms with Crippen LogP contribution in [0.2, 0.25) is 0 Å². The Morgan fingerprint density at radius 2 is 2.21 bits per heavy atom. The molecule has 1 heterocycles. The van der Waals surface area contributed by atoms with E-state index >= 15 is 0 Å². The predicted octanol–water partition coefficient (Wildman–Crippen LogP) is 2.43. The van der Waals surface area contributed by atoms with E-state index < -0.39 is 0 Å². The molecule has 0 N–H and O–H groups in total.